The summed E-state index contributed by atoms with van der Waals surface area (Å²) in [6, 6.07) is 8.33. The Morgan fingerprint density at radius 1 is 1.28 bits per heavy atom. The highest BCUT2D eigenvalue weighted by atomic mass is 16.3. The van der Waals surface area contributed by atoms with Crippen molar-refractivity contribution in [2.24, 2.45) is 5.92 Å². The first kappa shape index (κ1) is 13.4. The maximum absolute atomic E-state index is 10.2. The maximum Gasteiger partial charge on any atom is 0.0807 e. The van der Waals surface area contributed by atoms with E-state index >= 15 is 0 Å². The minimum atomic E-state index is -0.334. The van der Waals surface area contributed by atoms with E-state index in [0.29, 0.717) is 0 Å². The van der Waals surface area contributed by atoms with Gasteiger partial charge in [0.1, 0.15) is 0 Å². The van der Waals surface area contributed by atoms with Gasteiger partial charge in [-0.1, -0.05) is 32.0 Å². The molecule has 0 unspecified atom stereocenters. The van der Waals surface area contributed by atoms with Gasteiger partial charge in [-0.3, -0.25) is 0 Å². The highest BCUT2D eigenvalue weighted by Crippen LogP contribution is 2.34. The van der Waals surface area contributed by atoms with E-state index in [9.17, 15) is 5.11 Å². The highest BCUT2D eigenvalue weighted by molar-refractivity contribution is 5.54. The van der Waals surface area contributed by atoms with Crippen molar-refractivity contribution in [3.63, 3.8) is 0 Å². The summed E-state index contributed by atoms with van der Waals surface area (Å²) in [6.07, 6.45) is 4.35. The van der Waals surface area contributed by atoms with Crippen LogP contribution in [0.2, 0.25) is 0 Å². The average molecular weight is 247 g/mol. The Kier molecular flexibility index (Phi) is 4.65. The molecule has 2 rings (SSSR count). The van der Waals surface area contributed by atoms with Gasteiger partial charge >= 0.3 is 0 Å². The number of para-hydroxylation sites is 1. The number of benzene rings is 1. The normalized spacial score (nSPS) is 16.6. The summed E-state index contributed by atoms with van der Waals surface area (Å²) in [6.45, 7) is 6.50. The van der Waals surface area contributed by atoms with Crippen LogP contribution in [-0.4, -0.2) is 18.2 Å². The molecule has 18 heavy (non-hydrogen) atoms. The van der Waals surface area contributed by atoms with Gasteiger partial charge in [-0.2, -0.15) is 0 Å². The van der Waals surface area contributed by atoms with E-state index in [4.69, 9.17) is 0 Å². The molecule has 2 heteroatoms. The predicted molar refractivity (Wildman–Crippen MR) is 76.9 cm³/mol. The number of hydrogen-bond acceptors (Lipinski definition) is 2. The number of rotatable bonds is 7. The van der Waals surface area contributed by atoms with Crippen LogP contribution in [0.15, 0.2) is 24.3 Å². The number of nitrogens with zero attached hydrogens (tertiary/aromatic N) is 1. The van der Waals surface area contributed by atoms with Crippen LogP contribution in [0.25, 0.3) is 0 Å². The Morgan fingerprint density at radius 2 is 2.00 bits per heavy atom. The first-order chi connectivity index (χ1) is 8.76. The van der Waals surface area contributed by atoms with E-state index in [1.54, 1.807) is 0 Å². The minimum absolute atomic E-state index is 0.334. The lowest BCUT2D eigenvalue weighted by Crippen LogP contribution is -2.27. The fourth-order valence-corrected chi connectivity index (χ4v) is 2.47. The summed E-state index contributed by atoms with van der Waals surface area (Å²) in [5.41, 5.74) is 2.33. The van der Waals surface area contributed by atoms with E-state index in [-0.39, 0.29) is 6.10 Å². The number of aliphatic hydroxyl groups is 1. The molecule has 1 aromatic rings. The fourth-order valence-electron chi connectivity index (χ4n) is 2.47. The molecule has 0 spiro atoms. The van der Waals surface area contributed by atoms with Crippen LogP contribution in [0.5, 0.6) is 0 Å². The topological polar surface area (TPSA) is 23.5 Å². The lowest BCUT2D eigenvalue weighted by Gasteiger charge is -2.28. The molecular formula is C16H25NO. The molecule has 0 aliphatic heterocycles. The Labute approximate surface area is 111 Å². The molecule has 0 radical (unpaired) electrons. The van der Waals surface area contributed by atoms with Crippen molar-refractivity contribution in [1.82, 2.24) is 0 Å². The van der Waals surface area contributed by atoms with Crippen molar-refractivity contribution in [3.8, 4) is 0 Å². The molecule has 0 aromatic heterocycles. The smallest absolute Gasteiger partial charge is 0.0807 e. The molecule has 2 nitrogen and oxygen atoms in total. The summed E-state index contributed by atoms with van der Waals surface area (Å²) in [7, 11) is 0. The average Bonchev–Trinajstić information content (AvgIpc) is 3.21. The summed E-state index contributed by atoms with van der Waals surface area (Å²) < 4.78 is 0. The summed E-state index contributed by atoms with van der Waals surface area (Å²) in [5.74, 6) is 0.878. The zero-order chi connectivity index (χ0) is 13.0. The van der Waals surface area contributed by atoms with Gasteiger partial charge < -0.3 is 10.0 Å². The molecule has 0 saturated heterocycles. The predicted octanol–water partition coefficient (Wildman–Crippen LogP) is 3.76. The summed E-state index contributed by atoms with van der Waals surface area (Å²) >= 11 is 0. The molecule has 1 saturated carbocycles. The van der Waals surface area contributed by atoms with Crippen molar-refractivity contribution >= 4 is 5.69 Å². The molecular weight excluding hydrogens is 222 g/mol. The van der Waals surface area contributed by atoms with Crippen molar-refractivity contribution in [2.45, 2.75) is 45.6 Å². The molecule has 1 aromatic carbocycles. The molecule has 1 atom stereocenters. The second-order valence-electron chi connectivity index (χ2n) is 5.37. The standard InChI is InChI=1S/C16H25NO/c1-3-11-17(12-13-9-10-13)15-8-6-5-7-14(15)16(18)4-2/h5-8,13,16,18H,3-4,9-12H2,1-2H3/t16-/m1/s1. The van der Waals surface area contributed by atoms with Gasteiger partial charge in [0.25, 0.3) is 0 Å². The third kappa shape index (κ3) is 3.26. The lowest BCUT2D eigenvalue weighted by molar-refractivity contribution is 0.174. The number of hydrogen-bond donors (Lipinski definition) is 1. The minimum Gasteiger partial charge on any atom is -0.388 e. The van der Waals surface area contributed by atoms with E-state index < -0.39 is 0 Å². The molecule has 1 fully saturated rings. The Hall–Kier alpha value is -1.02. The second-order valence-corrected chi connectivity index (χ2v) is 5.37. The first-order valence-electron chi connectivity index (χ1n) is 7.28. The van der Waals surface area contributed by atoms with Crippen LogP contribution >= 0.6 is 0 Å². The summed E-state index contributed by atoms with van der Waals surface area (Å²) in [4.78, 5) is 2.46. The van der Waals surface area contributed by atoms with Crippen LogP contribution in [-0.2, 0) is 0 Å². The van der Waals surface area contributed by atoms with Gasteiger partial charge in [0.15, 0.2) is 0 Å². The van der Waals surface area contributed by atoms with E-state index in [0.717, 1.165) is 37.4 Å². The van der Waals surface area contributed by atoms with Gasteiger partial charge in [0.05, 0.1) is 6.10 Å². The highest BCUT2D eigenvalue weighted by Gasteiger charge is 2.25. The Balaban J connectivity index is 2.21. The largest absolute Gasteiger partial charge is 0.388 e. The zero-order valence-corrected chi connectivity index (χ0v) is 11.6. The molecule has 0 amide bonds. The SMILES string of the molecule is CCCN(CC1CC1)c1ccccc1[C@H](O)CC. The van der Waals surface area contributed by atoms with Crippen LogP contribution < -0.4 is 4.90 Å². The molecule has 1 N–H and O–H groups in total. The number of aliphatic hydroxyl groups excluding tert-OH is 1. The summed E-state index contributed by atoms with van der Waals surface area (Å²) in [5, 5.41) is 10.2. The number of anilines is 1. The van der Waals surface area contributed by atoms with Crippen LogP contribution in [0.4, 0.5) is 5.69 Å². The van der Waals surface area contributed by atoms with Crippen molar-refractivity contribution in [2.75, 3.05) is 18.0 Å². The van der Waals surface area contributed by atoms with Crippen LogP contribution in [0.3, 0.4) is 0 Å². The van der Waals surface area contributed by atoms with E-state index in [1.807, 2.05) is 13.0 Å². The Bertz CT molecular complexity index is 373. The third-order valence-corrected chi connectivity index (χ3v) is 3.69. The van der Waals surface area contributed by atoms with Gasteiger partial charge in [-0.05, 0) is 37.7 Å². The van der Waals surface area contributed by atoms with Gasteiger partial charge in [-0.15, -0.1) is 0 Å². The van der Waals surface area contributed by atoms with Crippen LogP contribution in [0.1, 0.15) is 51.2 Å². The zero-order valence-electron chi connectivity index (χ0n) is 11.6. The van der Waals surface area contributed by atoms with E-state index in [2.05, 4.69) is 30.0 Å². The molecule has 1 aliphatic carbocycles. The molecule has 100 valence electrons. The van der Waals surface area contributed by atoms with Crippen LogP contribution in [0, 0.1) is 5.92 Å². The third-order valence-electron chi connectivity index (χ3n) is 3.69. The maximum atomic E-state index is 10.2. The van der Waals surface area contributed by atoms with Crippen molar-refractivity contribution in [1.29, 1.82) is 0 Å². The lowest BCUT2D eigenvalue weighted by atomic mass is 10.0. The molecule has 0 heterocycles. The monoisotopic (exact) mass is 247 g/mol. The second kappa shape index (κ2) is 6.24. The van der Waals surface area contributed by atoms with Crippen molar-refractivity contribution in [3.05, 3.63) is 29.8 Å². The van der Waals surface area contributed by atoms with E-state index in [1.165, 1.54) is 18.5 Å². The molecule has 0 bridgehead atoms. The van der Waals surface area contributed by atoms with Gasteiger partial charge in [0, 0.05) is 24.3 Å². The Morgan fingerprint density at radius 3 is 2.61 bits per heavy atom. The molecule has 1 aliphatic rings. The quantitative estimate of drug-likeness (QED) is 0.793. The van der Waals surface area contributed by atoms with Crippen molar-refractivity contribution < 1.29 is 5.11 Å². The first-order valence-corrected chi connectivity index (χ1v) is 7.28. The fraction of sp³-hybridized carbons (Fsp3) is 0.625. The van der Waals surface area contributed by atoms with Gasteiger partial charge in [0.2, 0.25) is 0 Å². The van der Waals surface area contributed by atoms with Gasteiger partial charge in [-0.25, -0.2) is 0 Å².